The fourth-order valence-corrected chi connectivity index (χ4v) is 6.11. The van der Waals surface area contributed by atoms with E-state index in [1.165, 1.54) is 4.90 Å². The fraction of sp³-hybridized carbons (Fsp3) is 0.545. The van der Waals surface area contributed by atoms with E-state index in [0.29, 0.717) is 18.0 Å². The third-order valence-corrected chi connectivity index (χ3v) is 7.88. The van der Waals surface area contributed by atoms with E-state index in [9.17, 15) is 8.42 Å². The molecule has 0 radical (unpaired) electrons. The van der Waals surface area contributed by atoms with Crippen LogP contribution < -0.4 is 4.90 Å². The first-order valence-corrected chi connectivity index (χ1v) is 11.8. The summed E-state index contributed by atoms with van der Waals surface area (Å²) >= 11 is 0. The highest BCUT2D eigenvalue weighted by Gasteiger charge is 2.29. The third kappa shape index (κ3) is 5.28. The van der Waals surface area contributed by atoms with Crippen molar-refractivity contribution < 1.29 is 18.1 Å². The number of nitrogens with zero attached hydrogens (tertiary/aromatic N) is 2. The van der Waals surface area contributed by atoms with Crippen LogP contribution in [0.5, 0.6) is 0 Å². The molecule has 1 aliphatic heterocycles. The topological polar surface area (TPSA) is 56.0 Å². The predicted molar refractivity (Wildman–Crippen MR) is 115 cm³/mol. The van der Waals surface area contributed by atoms with Gasteiger partial charge >= 0.3 is 0 Å². The van der Waals surface area contributed by atoms with E-state index in [2.05, 4.69) is 0 Å². The van der Waals surface area contributed by atoms with Crippen LogP contribution in [-0.4, -0.2) is 56.7 Å². The van der Waals surface area contributed by atoms with Gasteiger partial charge in [0.15, 0.2) is 0 Å². The maximum Gasteiger partial charge on any atom is 0.243 e. The molecule has 6 nitrogen and oxygen atoms in total. The van der Waals surface area contributed by atoms with E-state index in [1.807, 2.05) is 62.8 Å². The lowest BCUT2D eigenvalue weighted by Crippen LogP contribution is -3.14. The third-order valence-electron chi connectivity index (χ3n) is 5.73. The van der Waals surface area contributed by atoms with Gasteiger partial charge in [0.1, 0.15) is 13.1 Å². The van der Waals surface area contributed by atoms with Gasteiger partial charge in [0.25, 0.3) is 0 Å². The lowest BCUT2D eigenvalue weighted by atomic mass is 10.1. The van der Waals surface area contributed by atoms with Gasteiger partial charge in [-0.05, 0) is 44.0 Å². The number of aromatic nitrogens is 1. The second kappa shape index (κ2) is 9.43. The van der Waals surface area contributed by atoms with Gasteiger partial charge in [0.2, 0.25) is 10.0 Å². The molecule has 1 fully saturated rings. The molecule has 2 heterocycles. The summed E-state index contributed by atoms with van der Waals surface area (Å²) in [6.07, 6.45) is 2.79. The highest BCUT2D eigenvalue weighted by molar-refractivity contribution is 7.89. The van der Waals surface area contributed by atoms with E-state index < -0.39 is 10.0 Å². The van der Waals surface area contributed by atoms with E-state index in [4.69, 9.17) is 4.74 Å². The summed E-state index contributed by atoms with van der Waals surface area (Å²) in [6, 6.07) is 7.86. The summed E-state index contributed by atoms with van der Waals surface area (Å²) in [5.41, 5.74) is 3.72. The van der Waals surface area contributed by atoms with Gasteiger partial charge in [-0.25, -0.2) is 8.42 Å². The van der Waals surface area contributed by atoms with Crippen molar-refractivity contribution in [3.8, 4) is 0 Å². The zero-order valence-electron chi connectivity index (χ0n) is 18.1. The highest BCUT2D eigenvalue weighted by Crippen LogP contribution is 2.26. The highest BCUT2D eigenvalue weighted by atomic mass is 32.2. The first-order valence-electron chi connectivity index (χ1n) is 10.4. The Hall–Kier alpha value is -1.67. The fourth-order valence-electron chi connectivity index (χ4n) is 4.24. The van der Waals surface area contributed by atoms with Crippen molar-refractivity contribution in [1.29, 1.82) is 0 Å². The molecular weight excluding hydrogens is 386 g/mol. The molecule has 29 heavy (non-hydrogen) atoms. The van der Waals surface area contributed by atoms with E-state index in [0.717, 1.165) is 61.7 Å². The van der Waals surface area contributed by atoms with E-state index >= 15 is 0 Å². The van der Waals surface area contributed by atoms with Gasteiger partial charge in [-0.1, -0.05) is 17.7 Å². The maximum absolute atomic E-state index is 13.7. The quantitative estimate of drug-likeness (QED) is 0.703. The number of hydrogen-bond acceptors (Lipinski definition) is 3. The van der Waals surface area contributed by atoms with Crippen molar-refractivity contribution in [2.75, 3.05) is 39.4 Å². The van der Waals surface area contributed by atoms with Gasteiger partial charge in [-0.15, -0.1) is 0 Å². The monoisotopic (exact) mass is 420 g/mol. The summed E-state index contributed by atoms with van der Waals surface area (Å²) in [6.45, 7) is 11.3. The van der Waals surface area contributed by atoms with Crippen LogP contribution in [0.2, 0.25) is 0 Å². The summed E-state index contributed by atoms with van der Waals surface area (Å²) in [4.78, 5) is 1.95. The largest absolute Gasteiger partial charge is 0.370 e. The Bertz CT molecular complexity index is 908. The Balaban J connectivity index is 1.84. The number of sulfonamides is 1. The van der Waals surface area contributed by atoms with Crippen molar-refractivity contribution in [2.24, 2.45) is 7.05 Å². The van der Waals surface area contributed by atoms with E-state index in [-0.39, 0.29) is 0 Å². The zero-order chi connectivity index (χ0) is 21.0. The van der Waals surface area contributed by atoms with Gasteiger partial charge in [0.05, 0.1) is 31.2 Å². The first kappa shape index (κ1) is 22.0. The minimum Gasteiger partial charge on any atom is -0.370 e. The van der Waals surface area contributed by atoms with Gasteiger partial charge in [0, 0.05) is 31.9 Å². The minimum absolute atomic E-state index is 0.386. The number of hydrogen-bond donors (Lipinski definition) is 1. The Labute approximate surface area is 175 Å². The molecule has 2 aromatic rings. The minimum atomic E-state index is -3.59. The molecule has 160 valence electrons. The molecule has 3 rings (SSSR count). The van der Waals surface area contributed by atoms with Crippen molar-refractivity contribution in [3.63, 3.8) is 0 Å². The number of benzene rings is 1. The lowest BCUT2D eigenvalue weighted by Gasteiger charge is -2.27. The normalized spacial score (nSPS) is 15.9. The molecule has 1 N–H and O–H groups in total. The molecule has 0 saturated carbocycles. The molecule has 1 aromatic heterocycles. The van der Waals surface area contributed by atoms with Crippen molar-refractivity contribution in [2.45, 2.75) is 38.6 Å². The van der Waals surface area contributed by atoms with Crippen molar-refractivity contribution in [3.05, 3.63) is 52.8 Å². The standard InChI is InChI=1S/C22H33N3O3S/c1-18-15-19(2)22(20(3)16-18)29(26,27)25(17-21-7-5-8-23(21)4)10-6-9-24-11-13-28-14-12-24/h5,7-8,15-16H,6,9-14,17H2,1-4H3/p+1. The number of rotatable bonds is 8. The molecule has 0 amide bonds. The van der Waals surface area contributed by atoms with Crippen LogP contribution in [0, 0.1) is 20.8 Å². The SMILES string of the molecule is Cc1cc(C)c(S(=O)(=O)N(CCC[NH+]2CCOCC2)Cc2cccn2C)c(C)c1. The van der Waals surface area contributed by atoms with Crippen molar-refractivity contribution in [1.82, 2.24) is 8.87 Å². The van der Waals surface area contributed by atoms with Crippen LogP contribution >= 0.6 is 0 Å². The van der Waals surface area contributed by atoms with Gasteiger partial charge in [-0.3, -0.25) is 0 Å². The lowest BCUT2D eigenvalue weighted by molar-refractivity contribution is -0.908. The molecule has 1 aromatic carbocycles. The summed E-state index contributed by atoms with van der Waals surface area (Å²) in [7, 11) is -1.63. The second-order valence-corrected chi connectivity index (χ2v) is 10.0. The summed E-state index contributed by atoms with van der Waals surface area (Å²) < 4.78 is 36.5. The average Bonchev–Trinajstić information content (AvgIpc) is 3.05. The Kier molecular flexibility index (Phi) is 7.16. The number of aryl methyl sites for hydroxylation is 4. The Morgan fingerprint density at radius 2 is 1.79 bits per heavy atom. The number of quaternary nitrogens is 1. The molecule has 0 atom stereocenters. The smallest absolute Gasteiger partial charge is 0.243 e. The predicted octanol–water partition coefficient (Wildman–Crippen LogP) is 1.45. The molecule has 0 aliphatic carbocycles. The average molecular weight is 421 g/mol. The van der Waals surface area contributed by atoms with Crippen molar-refractivity contribution >= 4 is 10.0 Å². The maximum atomic E-state index is 13.7. The molecule has 0 spiro atoms. The zero-order valence-corrected chi connectivity index (χ0v) is 18.9. The number of morpholine rings is 1. The Morgan fingerprint density at radius 3 is 2.38 bits per heavy atom. The molecular formula is C22H34N3O3S+. The van der Waals surface area contributed by atoms with Gasteiger partial charge in [-0.2, -0.15) is 4.31 Å². The van der Waals surface area contributed by atoms with E-state index in [1.54, 1.807) is 4.31 Å². The van der Waals surface area contributed by atoms with Crippen LogP contribution in [0.1, 0.15) is 28.8 Å². The molecule has 7 heteroatoms. The number of nitrogens with one attached hydrogen (secondary N) is 1. The molecule has 1 saturated heterocycles. The van der Waals surface area contributed by atoms with Crippen LogP contribution in [0.3, 0.4) is 0 Å². The molecule has 1 aliphatic rings. The van der Waals surface area contributed by atoms with Crippen LogP contribution in [-0.2, 0) is 28.4 Å². The molecule has 0 bridgehead atoms. The first-order chi connectivity index (χ1) is 13.8. The van der Waals surface area contributed by atoms with Crippen LogP contribution in [0.25, 0.3) is 0 Å². The second-order valence-electron chi connectivity index (χ2n) is 8.14. The van der Waals surface area contributed by atoms with Crippen LogP contribution in [0.15, 0.2) is 35.4 Å². The number of ether oxygens (including phenoxy) is 1. The van der Waals surface area contributed by atoms with Gasteiger partial charge < -0.3 is 14.2 Å². The summed E-state index contributed by atoms with van der Waals surface area (Å²) in [5.74, 6) is 0. The molecule has 0 unspecified atom stereocenters. The van der Waals surface area contributed by atoms with Crippen LogP contribution in [0.4, 0.5) is 0 Å². The summed E-state index contributed by atoms with van der Waals surface area (Å²) in [5, 5.41) is 0. The Morgan fingerprint density at radius 1 is 1.14 bits per heavy atom.